The molecule has 0 bridgehead atoms. The van der Waals surface area contributed by atoms with Gasteiger partial charge in [-0.25, -0.2) is 4.39 Å². The number of amides is 1. The summed E-state index contributed by atoms with van der Waals surface area (Å²) in [7, 11) is 0. The van der Waals surface area contributed by atoms with E-state index in [1.807, 2.05) is 12.1 Å². The molecule has 1 aliphatic heterocycles. The molecule has 1 aromatic rings. The molecule has 0 aliphatic carbocycles. The van der Waals surface area contributed by atoms with E-state index in [1.54, 1.807) is 0 Å². The molecule has 1 aromatic carbocycles. The predicted octanol–water partition coefficient (Wildman–Crippen LogP) is 6.41. The number of carbonyl (C=O) groups excluding carboxylic acids is 1. The van der Waals surface area contributed by atoms with Crippen molar-refractivity contribution in [2.24, 2.45) is 0 Å². The Morgan fingerprint density at radius 1 is 0.706 bits per heavy atom. The Hall–Kier alpha value is -1.66. The van der Waals surface area contributed by atoms with Crippen LogP contribution in [0.1, 0.15) is 160 Å². The summed E-state index contributed by atoms with van der Waals surface area (Å²) in [5, 5.41) is 65.7. The SMILES string of the molecule is CCCCCCCCCCCCCC[C@@H](O)[C@@H](O)[C@@H](C[C@H]1O[C@H](CO)[C@H](O)[C@H](O)[C@H]1O)NC(=O)CCCCCCCCCCc1ccc(F)cc1. The molecule has 1 heterocycles. The number of unbranched alkanes of at least 4 members (excludes halogenated alkanes) is 18. The number of hydrogen-bond donors (Lipinski definition) is 7. The van der Waals surface area contributed by atoms with Crippen LogP contribution >= 0.6 is 0 Å². The summed E-state index contributed by atoms with van der Waals surface area (Å²) in [4.78, 5) is 13.0. The number of aryl methyl sites for hydroxylation is 1. The highest BCUT2D eigenvalue weighted by atomic mass is 19.1. The van der Waals surface area contributed by atoms with Gasteiger partial charge in [-0.3, -0.25) is 4.79 Å². The maximum absolute atomic E-state index is 13.0. The fourth-order valence-electron chi connectivity index (χ4n) is 7.15. The number of halogens is 1. The van der Waals surface area contributed by atoms with Gasteiger partial charge >= 0.3 is 0 Å². The number of carbonyl (C=O) groups is 1. The van der Waals surface area contributed by atoms with Crippen LogP contribution in [0.4, 0.5) is 4.39 Å². The van der Waals surface area contributed by atoms with E-state index in [9.17, 15) is 39.8 Å². The van der Waals surface area contributed by atoms with Gasteiger partial charge in [0.25, 0.3) is 0 Å². The Morgan fingerprint density at radius 3 is 1.75 bits per heavy atom. The molecular weight excluding hydrogens is 653 g/mol. The lowest BCUT2D eigenvalue weighted by Crippen LogP contribution is -2.61. The minimum atomic E-state index is -1.56. The van der Waals surface area contributed by atoms with Crippen LogP contribution in [0, 0.1) is 5.82 Å². The summed E-state index contributed by atoms with van der Waals surface area (Å²) >= 11 is 0. The van der Waals surface area contributed by atoms with Gasteiger partial charge in [0.05, 0.1) is 24.9 Å². The summed E-state index contributed by atoms with van der Waals surface area (Å²) in [6.45, 7) is 1.66. The largest absolute Gasteiger partial charge is 0.394 e. The molecule has 8 atom stereocenters. The van der Waals surface area contributed by atoms with Gasteiger partial charge in [0.2, 0.25) is 5.91 Å². The van der Waals surface area contributed by atoms with E-state index in [1.165, 1.54) is 63.5 Å². The molecule has 10 heteroatoms. The lowest BCUT2D eigenvalue weighted by Gasteiger charge is -2.42. The second-order valence-corrected chi connectivity index (χ2v) is 15.0. The average Bonchev–Trinajstić information content (AvgIpc) is 3.12. The second kappa shape index (κ2) is 27.9. The van der Waals surface area contributed by atoms with Gasteiger partial charge in [-0.2, -0.15) is 0 Å². The normalized spacial score (nSPS) is 22.5. The van der Waals surface area contributed by atoms with Gasteiger partial charge in [0, 0.05) is 6.42 Å². The fourth-order valence-corrected chi connectivity index (χ4v) is 7.15. The Morgan fingerprint density at radius 2 is 1.20 bits per heavy atom. The highest BCUT2D eigenvalue weighted by molar-refractivity contribution is 5.76. The number of aliphatic hydroxyl groups is 6. The standard InChI is InChI=1S/C41H72FNO8/c1-2-3-4-5-6-7-8-9-10-14-17-20-23-34(45)38(47)33(29-35-39(48)41(50)40(49)36(30-44)51-35)43-37(46)24-21-18-15-12-11-13-16-19-22-31-25-27-32(42)28-26-31/h25-28,33-36,38-41,44-45,47-50H,2-24,29-30H2,1H3,(H,43,46)/t33-,34-,35-,36-,38+,39+,40+,41-/m1/s1. The van der Waals surface area contributed by atoms with Crippen molar-refractivity contribution in [1.29, 1.82) is 0 Å². The summed E-state index contributed by atoms with van der Waals surface area (Å²) in [5.74, 6) is -0.484. The zero-order chi connectivity index (χ0) is 37.3. The number of hydrogen-bond acceptors (Lipinski definition) is 8. The highest BCUT2D eigenvalue weighted by Crippen LogP contribution is 2.26. The Bertz CT molecular complexity index is 998. The number of aliphatic hydroxyl groups excluding tert-OH is 6. The lowest BCUT2D eigenvalue weighted by atomic mass is 9.88. The van der Waals surface area contributed by atoms with Crippen LogP contribution in [0.25, 0.3) is 0 Å². The summed E-state index contributed by atoms with van der Waals surface area (Å²) < 4.78 is 18.7. The van der Waals surface area contributed by atoms with Crippen LogP contribution in [0.5, 0.6) is 0 Å². The molecule has 296 valence electrons. The summed E-state index contributed by atoms with van der Waals surface area (Å²) in [6.07, 6.45) is 14.7. The quantitative estimate of drug-likeness (QED) is 0.0449. The highest BCUT2D eigenvalue weighted by Gasteiger charge is 2.45. The van der Waals surface area contributed by atoms with Crippen molar-refractivity contribution >= 4 is 5.91 Å². The van der Waals surface area contributed by atoms with Gasteiger partial charge in [-0.1, -0.05) is 135 Å². The van der Waals surface area contributed by atoms with Crippen molar-refractivity contribution in [2.75, 3.05) is 6.61 Å². The van der Waals surface area contributed by atoms with Gasteiger partial charge in [-0.15, -0.1) is 0 Å². The van der Waals surface area contributed by atoms with Crippen molar-refractivity contribution < 1.29 is 44.6 Å². The monoisotopic (exact) mass is 726 g/mol. The number of nitrogens with one attached hydrogen (secondary N) is 1. The zero-order valence-corrected chi connectivity index (χ0v) is 31.5. The summed E-state index contributed by atoms with van der Waals surface area (Å²) in [6, 6.07) is 5.73. The molecule has 9 nitrogen and oxygen atoms in total. The van der Waals surface area contributed by atoms with Crippen molar-refractivity contribution in [3.63, 3.8) is 0 Å². The first-order valence-electron chi connectivity index (χ1n) is 20.4. The lowest BCUT2D eigenvalue weighted by molar-refractivity contribution is -0.233. The molecule has 0 radical (unpaired) electrons. The van der Waals surface area contributed by atoms with E-state index in [2.05, 4.69) is 12.2 Å². The topological polar surface area (TPSA) is 160 Å². The van der Waals surface area contributed by atoms with Gasteiger partial charge < -0.3 is 40.7 Å². The van der Waals surface area contributed by atoms with E-state index < -0.39 is 55.4 Å². The maximum atomic E-state index is 13.0. The number of ether oxygens (including phenoxy) is 1. The molecule has 0 spiro atoms. The Kier molecular flexibility index (Phi) is 24.9. The average molecular weight is 726 g/mol. The van der Waals surface area contributed by atoms with Crippen molar-refractivity contribution in [3.05, 3.63) is 35.6 Å². The van der Waals surface area contributed by atoms with E-state index in [0.29, 0.717) is 12.8 Å². The van der Waals surface area contributed by atoms with Crippen LogP contribution in [0.3, 0.4) is 0 Å². The van der Waals surface area contributed by atoms with Crippen LogP contribution in [0.15, 0.2) is 24.3 Å². The first-order chi connectivity index (χ1) is 24.7. The zero-order valence-electron chi connectivity index (χ0n) is 31.5. The molecule has 0 unspecified atom stereocenters. The molecule has 7 N–H and O–H groups in total. The third-order valence-corrected chi connectivity index (χ3v) is 10.5. The summed E-state index contributed by atoms with van der Waals surface area (Å²) in [5.41, 5.74) is 1.16. The molecule has 1 amide bonds. The first kappa shape index (κ1) is 45.5. The minimum Gasteiger partial charge on any atom is -0.394 e. The van der Waals surface area contributed by atoms with Crippen molar-refractivity contribution in [1.82, 2.24) is 5.32 Å². The fraction of sp³-hybridized carbons (Fsp3) is 0.829. The predicted molar refractivity (Wildman–Crippen MR) is 200 cm³/mol. The molecule has 0 aromatic heterocycles. The Labute approximate surface area is 307 Å². The molecule has 0 saturated carbocycles. The smallest absolute Gasteiger partial charge is 0.220 e. The third-order valence-electron chi connectivity index (χ3n) is 10.5. The van der Waals surface area contributed by atoms with Gasteiger partial charge in [0.1, 0.15) is 36.3 Å². The van der Waals surface area contributed by atoms with Gasteiger partial charge in [0.15, 0.2) is 0 Å². The number of benzene rings is 1. The molecular formula is C41H72FNO8. The third kappa shape index (κ3) is 19.3. The minimum absolute atomic E-state index is 0.106. The van der Waals surface area contributed by atoms with Crippen LogP contribution in [-0.4, -0.2) is 91.9 Å². The second-order valence-electron chi connectivity index (χ2n) is 15.0. The number of rotatable bonds is 30. The van der Waals surface area contributed by atoms with E-state index in [4.69, 9.17) is 4.74 Å². The molecule has 51 heavy (non-hydrogen) atoms. The van der Waals surface area contributed by atoms with Gasteiger partial charge in [-0.05, 0) is 49.8 Å². The van der Waals surface area contributed by atoms with Crippen molar-refractivity contribution in [2.45, 2.75) is 210 Å². The maximum Gasteiger partial charge on any atom is 0.220 e. The molecule has 2 rings (SSSR count). The van der Waals surface area contributed by atoms with Crippen LogP contribution < -0.4 is 5.32 Å². The van der Waals surface area contributed by atoms with E-state index in [0.717, 1.165) is 82.6 Å². The molecule has 1 fully saturated rings. The van der Waals surface area contributed by atoms with Crippen LogP contribution in [0.2, 0.25) is 0 Å². The van der Waals surface area contributed by atoms with Crippen molar-refractivity contribution in [3.8, 4) is 0 Å². The van der Waals surface area contributed by atoms with Crippen LogP contribution in [-0.2, 0) is 16.0 Å². The Balaban J connectivity index is 1.72. The van der Waals surface area contributed by atoms with E-state index >= 15 is 0 Å². The molecule has 1 saturated heterocycles. The first-order valence-corrected chi connectivity index (χ1v) is 20.4. The van der Waals surface area contributed by atoms with E-state index in [-0.39, 0.29) is 24.6 Å². The molecule has 1 aliphatic rings.